The molecule has 0 amide bonds. The first-order valence-electron chi connectivity index (χ1n) is 15.9. The maximum absolute atomic E-state index is 13.9. The number of carbonyl (C=O) groups excluding carboxylic acids is 1. The van der Waals surface area contributed by atoms with Gasteiger partial charge in [-0.3, -0.25) is 9.59 Å². The number of aliphatic hydroxyl groups is 1. The molecule has 8 heteroatoms. The van der Waals surface area contributed by atoms with Crippen molar-refractivity contribution in [1.82, 2.24) is 4.90 Å². The number of nitrogens with one attached hydrogen (secondary N) is 1. The summed E-state index contributed by atoms with van der Waals surface area (Å²) in [5, 5.41) is 13.9. The summed E-state index contributed by atoms with van der Waals surface area (Å²) in [6.07, 6.45) is 3.74. The summed E-state index contributed by atoms with van der Waals surface area (Å²) >= 11 is 0. The molecule has 0 saturated carbocycles. The smallest absolute Gasteiger partial charge is 0.311 e. The van der Waals surface area contributed by atoms with Gasteiger partial charge in [0.2, 0.25) is 5.43 Å². The van der Waals surface area contributed by atoms with Gasteiger partial charge >= 0.3 is 5.97 Å². The fourth-order valence-corrected chi connectivity index (χ4v) is 6.12. The highest BCUT2D eigenvalue weighted by Crippen LogP contribution is 2.33. The number of esters is 1. The average molecular weight is 621 g/mol. The Bertz CT molecular complexity index is 1900. The SMILES string of the molecule is CN(C)CCNc1ccc(CO)c2oc3ccc(OC(=O)CC(CCc4ccccc4)c4ccc5c(c4)CCCO5)cc3c(=O)c12. The second kappa shape index (κ2) is 14.2. The molecule has 0 saturated heterocycles. The van der Waals surface area contributed by atoms with Gasteiger partial charge in [-0.2, -0.15) is 0 Å². The van der Waals surface area contributed by atoms with E-state index in [2.05, 4.69) is 29.6 Å². The molecule has 2 heterocycles. The molecular weight excluding hydrogens is 580 g/mol. The third-order valence-electron chi connectivity index (χ3n) is 8.59. The quantitative estimate of drug-likeness (QED) is 0.0933. The largest absolute Gasteiger partial charge is 0.493 e. The van der Waals surface area contributed by atoms with Crippen LogP contribution in [0.3, 0.4) is 0 Å². The van der Waals surface area contributed by atoms with Crippen LogP contribution in [-0.2, 0) is 24.2 Å². The molecule has 1 unspecified atom stereocenters. The summed E-state index contributed by atoms with van der Waals surface area (Å²) in [5.74, 6) is 0.779. The number of benzene rings is 4. The van der Waals surface area contributed by atoms with Crippen molar-refractivity contribution in [3.8, 4) is 11.5 Å². The number of fused-ring (bicyclic) bond motifs is 3. The van der Waals surface area contributed by atoms with E-state index in [-0.39, 0.29) is 36.1 Å². The number of hydrogen-bond acceptors (Lipinski definition) is 8. The number of ether oxygens (including phenoxy) is 2. The minimum Gasteiger partial charge on any atom is -0.493 e. The normalized spacial score (nSPS) is 13.4. The molecule has 0 radical (unpaired) electrons. The number of rotatable bonds is 12. The van der Waals surface area contributed by atoms with Gasteiger partial charge in [0.25, 0.3) is 0 Å². The molecule has 1 aliphatic heterocycles. The van der Waals surface area contributed by atoms with Gasteiger partial charge in [-0.05, 0) is 92.7 Å². The Hall–Kier alpha value is -4.66. The minimum atomic E-state index is -0.370. The van der Waals surface area contributed by atoms with Crippen LogP contribution in [0.2, 0.25) is 0 Å². The van der Waals surface area contributed by atoms with Crippen LogP contribution in [-0.4, -0.2) is 49.8 Å². The van der Waals surface area contributed by atoms with Gasteiger partial charge in [0.05, 0.1) is 30.4 Å². The molecule has 46 heavy (non-hydrogen) atoms. The number of likely N-dealkylation sites (N-methyl/N-ethyl adjacent to an activating group) is 1. The summed E-state index contributed by atoms with van der Waals surface area (Å²) in [7, 11) is 3.96. The van der Waals surface area contributed by atoms with E-state index in [0.29, 0.717) is 39.7 Å². The van der Waals surface area contributed by atoms with Crippen molar-refractivity contribution in [3.05, 3.63) is 111 Å². The Morgan fingerprint density at radius 3 is 2.70 bits per heavy atom. The number of nitrogens with zero attached hydrogens (tertiary/aromatic N) is 1. The molecule has 2 N–H and O–H groups in total. The van der Waals surface area contributed by atoms with Gasteiger partial charge in [-0.25, -0.2) is 0 Å². The minimum absolute atomic E-state index is 0.0536. The van der Waals surface area contributed by atoms with E-state index in [4.69, 9.17) is 13.9 Å². The average Bonchev–Trinajstić information content (AvgIpc) is 3.07. The van der Waals surface area contributed by atoms with Crippen LogP contribution in [0.15, 0.2) is 88.1 Å². The summed E-state index contributed by atoms with van der Waals surface area (Å²) in [5.41, 5.74) is 5.09. The molecule has 0 fully saturated rings. The van der Waals surface area contributed by atoms with Crippen molar-refractivity contribution >= 4 is 33.6 Å². The first-order valence-corrected chi connectivity index (χ1v) is 15.9. The van der Waals surface area contributed by atoms with Gasteiger partial charge in [-0.1, -0.05) is 48.5 Å². The fraction of sp³-hybridized carbons (Fsp3) is 0.316. The van der Waals surface area contributed by atoms with Gasteiger partial charge in [0, 0.05) is 24.3 Å². The lowest BCUT2D eigenvalue weighted by Gasteiger charge is -2.22. The molecule has 1 aliphatic rings. The van der Waals surface area contributed by atoms with Crippen LogP contribution in [0.4, 0.5) is 5.69 Å². The van der Waals surface area contributed by atoms with Crippen LogP contribution >= 0.6 is 0 Å². The van der Waals surface area contributed by atoms with Crippen molar-refractivity contribution in [2.45, 2.75) is 44.6 Å². The van der Waals surface area contributed by atoms with E-state index in [9.17, 15) is 14.7 Å². The van der Waals surface area contributed by atoms with Crippen molar-refractivity contribution < 1.29 is 23.8 Å². The maximum Gasteiger partial charge on any atom is 0.311 e. The number of carbonyl (C=O) groups is 1. The van der Waals surface area contributed by atoms with Gasteiger partial charge in [-0.15, -0.1) is 0 Å². The summed E-state index contributed by atoms with van der Waals surface area (Å²) < 4.78 is 17.9. The van der Waals surface area contributed by atoms with Crippen molar-refractivity contribution in [2.24, 2.45) is 0 Å². The lowest BCUT2D eigenvalue weighted by Crippen LogP contribution is -2.21. The van der Waals surface area contributed by atoms with E-state index in [1.807, 2.05) is 43.3 Å². The third kappa shape index (κ3) is 7.09. The topological polar surface area (TPSA) is 101 Å². The first-order chi connectivity index (χ1) is 22.4. The molecule has 6 rings (SSSR count). The second-order valence-electron chi connectivity index (χ2n) is 12.2. The molecule has 0 bridgehead atoms. The maximum atomic E-state index is 13.9. The van der Waals surface area contributed by atoms with Crippen molar-refractivity contribution in [2.75, 3.05) is 39.1 Å². The van der Waals surface area contributed by atoms with Crippen molar-refractivity contribution in [3.63, 3.8) is 0 Å². The van der Waals surface area contributed by atoms with E-state index in [1.54, 1.807) is 30.3 Å². The fourth-order valence-electron chi connectivity index (χ4n) is 6.12. The van der Waals surface area contributed by atoms with Gasteiger partial charge in [0.15, 0.2) is 0 Å². The van der Waals surface area contributed by atoms with Crippen molar-refractivity contribution in [1.29, 1.82) is 0 Å². The zero-order valence-corrected chi connectivity index (χ0v) is 26.4. The predicted octanol–water partition coefficient (Wildman–Crippen LogP) is 6.45. The molecule has 5 aromatic rings. The molecule has 0 aliphatic carbocycles. The third-order valence-corrected chi connectivity index (χ3v) is 8.59. The Labute approximate surface area is 268 Å². The second-order valence-corrected chi connectivity index (χ2v) is 12.2. The Morgan fingerprint density at radius 1 is 1.04 bits per heavy atom. The Balaban J connectivity index is 1.26. The van der Waals surface area contributed by atoms with Crippen LogP contribution in [0, 0.1) is 0 Å². The lowest BCUT2D eigenvalue weighted by molar-refractivity contribution is -0.134. The molecule has 1 aromatic heterocycles. The Morgan fingerprint density at radius 2 is 1.89 bits per heavy atom. The van der Waals surface area contributed by atoms with Crippen LogP contribution in [0.1, 0.15) is 47.4 Å². The lowest BCUT2D eigenvalue weighted by atomic mass is 9.88. The molecule has 238 valence electrons. The zero-order valence-electron chi connectivity index (χ0n) is 26.4. The molecular formula is C38H40N2O6. The number of hydrogen-bond donors (Lipinski definition) is 2. The van der Waals surface area contributed by atoms with Crippen LogP contribution < -0.4 is 20.2 Å². The molecule has 1 atom stereocenters. The standard InChI is InChI=1S/C38H40N2O6/c1-40(2)19-18-39-32-15-12-29(24-41)38-36(32)37(43)31-23-30(14-17-34(31)46-38)45-35(42)22-27(11-10-25-7-4-3-5-8-25)26-13-16-33-28(21-26)9-6-20-44-33/h3-5,7-8,12-17,21,23,27,39,41H,6,9-11,18-20,22,24H2,1-2H3. The van der Waals surface area contributed by atoms with E-state index >= 15 is 0 Å². The van der Waals surface area contributed by atoms with Crippen LogP contribution in [0.5, 0.6) is 11.5 Å². The number of anilines is 1. The summed E-state index contributed by atoms with van der Waals surface area (Å²) in [4.78, 5) is 29.4. The Kier molecular flexibility index (Phi) is 9.66. The monoisotopic (exact) mass is 620 g/mol. The van der Waals surface area contributed by atoms with E-state index in [1.165, 1.54) is 11.1 Å². The van der Waals surface area contributed by atoms with Gasteiger partial charge in [0.1, 0.15) is 22.7 Å². The highest BCUT2D eigenvalue weighted by Gasteiger charge is 2.22. The summed E-state index contributed by atoms with van der Waals surface area (Å²) in [6, 6.07) is 24.9. The molecule has 0 spiro atoms. The highest BCUT2D eigenvalue weighted by molar-refractivity contribution is 5.99. The zero-order chi connectivity index (χ0) is 32.0. The number of aryl methyl sites for hydroxylation is 2. The summed E-state index contributed by atoms with van der Waals surface area (Å²) in [6.45, 7) is 1.86. The van der Waals surface area contributed by atoms with E-state index < -0.39 is 0 Å². The molecule has 4 aromatic carbocycles. The number of aliphatic hydroxyl groups excluding tert-OH is 1. The first kappa shape index (κ1) is 31.3. The highest BCUT2D eigenvalue weighted by atomic mass is 16.5. The van der Waals surface area contributed by atoms with E-state index in [0.717, 1.165) is 50.1 Å². The van der Waals surface area contributed by atoms with Gasteiger partial charge < -0.3 is 29.2 Å². The van der Waals surface area contributed by atoms with Crippen LogP contribution in [0.25, 0.3) is 21.9 Å². The predicted molar refractivity (Wildman–Crippen MR) is 181 cm³/mol. The molecule has 8 nitrogen and oxygen atoms in total.